The average molecular weight is 506 g/mol. The van der Waals surface area contributed by atoms with Gasteiger partial charge in [-0.25, -0.2) is 9.80 Å². The summed E-state index contributed by atoms with van der Waals surface area (Å²) >= 11 is 6.10. The smallest absolute Gasteiger partial charge is 0.342 e. The third-order valence-electron chi connectivity index (χ3n) is 6.31. The van der Waals surface area contributed by atoms with E-state index in [9.17, 15) is 15.0 Å². The highest BCUT2D eigenvalue weighted by Gasteiger charge is 2.36. The zero-order chi connectivity index (χ0) is 26.0. The van der Waals surface area contributed by atoms with Crippen LogP contribution in [0.5, 0.6) is 17.2 Å². The number of rotatable bonds is 6. The predicted octanol–water partition coefficient (Wildman–Crippen LogP) is 6.61. The first-order valence-electron chi connectivity index (χ1n) is 11.4. The molecule has 3 aromatic carbocycles. The largest absolute Gasteiger partial charge is 0.508 e. The number of nitrogens with zero attached hydrogens (tertiary/aromatic N) is 2. The number of halogens is 1. The van der Waals surface area contributed by atoms with Crippen LogP contribution in [0, 0.1) is 0 Å². The van der Waals surface area contributed by atoms with Crippen LogP contribution in [0.3, 0.4) is 0 Å². The molecule has 2 amide bonds. The van der Waals surface area contributed by atoms with Gasteiger partial charge in [0.05, 0.1) is 18.9 Å². The highest BCUT2D eigenvalue weighted by atomic mass is 35.5. The van der Waals surface area contributed by atoms with Gasteiger partial charge in [-0.1, -0.05) is 37.6 Å². The Morgan fingerprint density at radius 3 is 2.56 bits per heavy atom. The van der Waals surface area contributed by atoms with E-state index in [1.165, 1.54) is 12.1 Å². The predicted molar refractivity (Wildman–Crippen MR) is 142 cm³/mol. The van der Waals surface area contributed by atoms with E-state index in [0.717, 1.165) is 5.56 Å². The van der Waals surface area contributed by atoms with E-state index >= 15 is 0 Å². The summed E-state index contributed by atoms with van der Waals surface area (Å²) in [5.41, 5.74) is 2.80. The van der Waals surface area contributed by atoms with Gasteiger partial charge in [-0.15, -0.1) is 6.58 Å². The van der Waals surface area contributed by atoms with E-state index in [1.807, 2.05) is 19.9 Å². The van der Waals surface area contributed by atoms with Gasteiger partial charge in [-0.3, -0.25) is 0 Å². The number of hydrogen-bond acceptors (Lipinski definition) is 5. The summed E-state index contributed by atoms with van der Waals surface area (Å²) in [5, 5.41) is 29.8. The number of methoxy groups -OCH3 is 1. The van der Waals surface area contributed by atoms with Gasteiger partial charge in [0.2, 0.25) is 0 Å². The lowest BCUT2D eigenvalue weighted by atomic mass is 9.82. The molecule has 1 unspecified atom stereocenters. The standard InChI is InChI=1S/C28H28ClN3O4/c1-5-28(2,3)22-14-21(26(36-4)16-25(22)34)24-15-23(17-9-11-20(33)12-10-17)31-32(24)27(35)30-19-8-6-7-18(29)13-19/h5-14,16,24,33-34H,1,15H2,2-4H3,(H,30,35). The number of amides is 2. The van der Waals surface area contributed by atoms with Gasteiger partial charge in [0.25, 0.3) is 0 Å². The fourth-order valence-corrected chi connectivity index (χ4v) is 4.35. The number of benzene rings is 3. The summed E-state index contributed by atoms with van der Waals surface area (Å²) in [6.07, 6.45) is 2.15. The number of carbonyl (C=O) groups excluding carboxylic acids is 1. The molecule has 0 bridgehead atoms. The van der Waals surface area contributed by atoms with Gasteiger partial charge in [0.15, 0.2) is 0 Å². The molecule has 1 heterocycles. The maximum absolute atomic E-state index is 13.5. The molecule has 0 aromatic heterocycles. The van der Waals surface area contributed by atoms with E-state index < -0.39 is 17.5 Å². The number of ether oxygens (including phenoxy) is 1. The Bertz CT molecular complexity index is 1340. The van der Waals surface area contributed by atoms with Crippen molar-refractivity contribution in [1.29, 1.82) is 0 Å². The number of hydrogen-bond donors (Lipinski definition) is 3. The molecule has 186 valence electrons. The molecule has 0 saturated carbocycles. The van der Waals surface area contributed by atoms with Gasteiger partial charge in [-0.2, -0.15) is 5.10 Å². The minimum atomic E-state index is -0.530. The fraction of sp³-hybridized carbons (Fsp3) is 0.214. The third kappa shape index (κ3) is 5.02. The second-order valence-corrected chi connectivity index (χ2v) is 9.57. The number of nitrogens with one attached hydrogen (secondary N) is 1. The van der Waals surface area contributed by atoms with Crippen LogP contribution in [0.4, 0.5) is 10.5 Å². The zero-order valence-corrected chi connectivity index (χ0v) is 21.1. The number of hydrazone groups is 1. The molecule has 3 aromatic rings. The molecule has 0 radical (unpaired) electrons. The summed E-state index contributed by atoms with van der Waals surface area (Å²) in [5.74, 6) is 0.651. The summed E-state index contributed by atoms with van der Waals surface area (Å²) < 4.78 is 5.61. The van der Waals surface area contributed by atoms with Crippen molar-refractivity contribution in [3.63, 3.8) is 0 Å². The molecule has 7 nitrogen and oxygen atoms in total. The molecule has 3 N–H and O–H groups in total. The average Bonchev–Trinajstić information content (AvgIpc) is 3.29. The Labute approximate surface area is 215 Å². The number of urea groups is 1. The van der Waals surface area contributed by atoms with Crippen LogP contribution in [0.15, 0.2) is 78.4 Å². The number of phenolic OH excluding ortho intramolecular Hbond substituents is 2. The second-order valence-electron chi connectivity index (χ2n) is 9.14. The minimum Gasteiger partial charge on any atom is -0.508 e. The highest BCUT2D eigenvalue weighted by Crippen LogP contribution is 2.43. The van der Waals surface area contributed by atoms with Crippen molar-refractivity contribution in [3.05, 3.63) is 95.0 Å². The van der Waals surface area contributed by atoms with E-state index in [4.69, 9.17) is 16.3 Å². The van der Waals surface area contributed by atoms with Gasteiger partial charge in [0.1, 0.15) is 17.2 Å². The Balaban J connectivity index is 1.79. The molecular formula is C28H28ClN3O4. The van der Waals surface area contributed by atoms with Gasteiger partial charge < -0.3 is 20.3 Å². The first-order valence-corrected chi connectivity index (χ1v) is 11.8. The number of phenols is 2. The quantitative estimate of drug-likeness (QED) is 0.329. The highest BCUT2D eigenvalue weighted by molar-refractivity contribution is 6.30. The van der Waals surface area contributed by atoms with E-state index in [-0.39, 0.29) is 11.5 Å². The molecule has 0 spiro atoms. The third-order valence-corrected chi connectivity index (χ3v) is 6.54. The maximum Gasteiger partial charge on any atom is 0.342 e. The van der Waals surface area contributed by atoms with Crippen molar-refractivity contribution in [3.8, 4) is 17.2 Å². The summed E-state index contributed by atoms with van der Waals surface area (Å²) in [6.45, 7) is 7.80. The van der Waals surface area contributed by atoms with Crippen LogP contribution < -0.4 is 10.1 Å². The van der Waals surface area contributed by atoms with Gasteiger partial charge in [-0.05, 0) is 54.1 Å². The molecule has 1 aliphatic rings. The Morgan fingerprint density at radius 2 is 1.92 bits per heavy atom. The number of carbonyl (C=O) groups is 1. The van der Waals surface area contributed by atoms with Crippen LogP contribution in [-0.2, 0) is 5.41 Å². The van der Waals surface area contributed by atoms with Crippen molar-refractivity contribution < 1.29 is 19.7 Å². The van der Waals surface area contributed by atoms with Crippen molar-refractivity contribution >= 4 is 29.0 Å². The van der Waals surface area contributed by atoms with Crippen LogP contribution >= 0.6 is 11.6 Å². The molecule has 36 heavy (non-hydrogen) atoms. The lowest BCUT2D eigenvalue weighted by Crippen LogP contribution is -2.31. The summed E-state index contributed by atoms with van der Waals surface area (Å²) in [6, 6.07) is 16.0. The van der Waals surface area contributed by atoms with Crippen LogP contribution in [0.1, 0.15) is 43.0 Å². The molecule has 0 saturated heterocycles. The second kappa shape index (κ2) is 9.95. The van der Waals surface area contributed by atoms with E-state index in [0.29, 0.717) is 39.7 Å². The normalized spacial score (nSPS) is 15.4. The van der Waals surface area contributed by atoms with E-state index in [2.05, 4.69) is 17.0 Å². The molecule has 1 aliphatic heterocycles. The summed E-state index contributed by atoms with van der Waals surface area (Å²) in [7, 11) is 1.52. The Hall–Kier alpha value is -3.97. The fourth-order valence-electron chi connectivity index (χ4n) is 4.16. The lowest BCUT2D eigenvalue weighted by molar-refractivity contribution is 0.199. The molecule has 8 heteroatoms. The number of anilines is 1. The van der Waals surface area contributed by atoms with Crippen molar-refractivity contribution in [2.45, 2.75) is 31.7 Å². The van der Waals surface area contributed by atoms with E-state index in [1.54, 1.807) is 60.7 Å². The van der Waals surface area contributed by atoms with Crippen LogP contribution in [0.2, 0.25) is 5.02 Å². The minimum absolute atomic E-state index is 0.0769. The molecule has 0 fully saturated rings. The number of allylic oxidation sites excluding steroid dienone is 1. The molecular weight excluding hydrogens is 478 g/mol. The van der Waals surface area contributed by atoms with Crippen LogP contribution in [-0.4, -0.2) is 34.1 Å². The maximum atomic E-state index is 13.5. The van der Waals surface area contributed by atoms with Crippen molar-refractivity contribution in [2.24, 2.45) is 5.10 Å². The monoisotopic (exact) mass is 505 g/mol. The topological polar surface area (TPSA) is 94.4 Å². The molecule has 4 rings (SSSR count). The first-order chi connectivity index (χ1) is 17.1. The Kier molecular flexibility index (Phi) is 6.95. The lowest BCUT2D eigenvalue weighted by Gasteiger charge is -2.28. The first kappa shape index (κ1) is 25.1. The summed E-state index contributed by atoms with van der Waals surface area (Å²) in [4.78, 5) is 13.5. The SMILES string of the molecule is C=CC(C)(C)c1cc(C2CC(c3ccc(O)cc3)=NN2C(=O)Nc2cccc(Cl)c2)c(OC)cc1O. The van der Waals surface area contributed by atoms with Gasteiger partial charge >= 0.3 is 6.03 Å². The number of aromatic hydroxyl groups is 2. The zero-order valence-electron chi connectivity index (χ0n) is 20.3. The van der Waals surface area contributed by atoms with Crippen molar-refractivity contribution in [1.82, 2.24) is 5.01 Å². The molecule has 0 aliphatic carbocycles. The van der Waals surface area contributed by atoms with Crippen molar-refractivity contribution in [2.75, 3.05) is 12.4 Å². The molecule has 1 atom stereocenters. The van der Waals surface area contributed by atoms with Crippen LogP contribution in [0.25, 0.3) is 0 Å². The Morgan fingerprint density at radius 1 is 1.19 bits per heavy atom. The van der Waals surface area contributed by atoms with Gasteiger partial charge in [0, 0.05) is 39.7 Å².